The monoisotopic (exact) mass is 257 g/mol. The second-order valence-electron chi connectivity index (χ2n) is 5.33. The van der Waals surface area contributed by atoms with Crippen LogP contribution in [-0.4, -0.2) is 36.6 Å². The lowest BCUT2D eigenvalue weighted by atomic mass is 10.1. The number of hydrogen-bond acceptors (Lipinski definition) is 3. The Hall–Kier alpha value is -1.37. The molecule has 1 aliphatic heterocycles. The summed E-state index contributed by atoms with van der Waals surface area (Å²) in [6, 6.07) is 13.8. The molecule has 0 bridgehead atoms. The number of nitrogens with one attached hydrogen (secondary N) is 1. The van der Waals surface area contributed by atoms with Crippen LogP contribution < -0.4 is 5.32 Å². The summed E-state index contributed by atoms with van der Waals surface area (Å²) in [5, 5.41) is 12.4. The van der Waals surface area contributed by atoms with E-state index in [0.717, 1.165) is 32.5 Å². The molecule has 3 heteroatoms. The largest absolute Gasteiger partial charge is 0.315 e. The topological polar surface area (TPSA) is 39.1 Å². The van der Waals surface area contributed by atoms with E-state index in [-0.39, 0.29) is 0 Å². The van der Waals surface area contributed by atoms with Gasteiger partial charge in [-0.25, -0.2) is 0 Å². The van der Waals surface area contributed by atoms with Gasteiger partial charge in [-0.05, 0) is 31.9 Å². The lowest BCUT2D eigenvalue weighted by Gasteiger charge is -2.33. The Morgan fingerprint density at radius 2 is 2.16 bits per heavy atom. The molecule has 1 N–H and O–H groups in total. The van der Waals surface area contributed by atoms with Gasteiger partial charge in [0.1, 0.15) is 0 Å². The van der Waals surface area contributed by atoms with Crippen LogP contribution in [0.25, 0.3) is 0 Å². The van der Waals surface area contributed by atoms with Gasteiger partial charge in [-0.15, -0.1) is 0 Å². The molecular weight excluding hydrogens is 234 g/mol. The maximum absolute atomic E-state index is 9.00. The van der Waals surface area contributed by atoms with E-state index in [1.165, 1.54) is 5.56 Å². The van der Waals surface area contributed by atoms with Gasteiger partial charge in [0.15, 0.2) is 0 Å². The first kappa shape index (κ1) is 14.0. The zero-order chi connectivity index (χ0) is 13.5. The second-order valence-corrected chi connectivity index (χ2v) is 5.33. The highest BCUT2D eigenvalue weighted by molar-refractivity contribution is 5.15. The highest BCUT2D eigenvalue weighted by Crippen LogP contribution is 2.15. The molecule has 3 nitrogen and oxygen atoms in total. The van der Waals surface area contributed by atoms with Crippen molar-refractivity contribution >= 4 is 0 Å². The van der Waals surface area contributed by atoms with Crippen LogP contribution in [0.4, 0.5) is 0 Å². The molecule has 1 fully saturated rings. The predicted molar refractivity (Wildman–Crippen MR) is 77.8 cm³/mol. The Kier molecular flexibility index (Phi) is 5.38. The molecule has 1 heterocycles. The number of hydrogen-bond donors (Lipinski definition) is 1. The van der Waals surface area contributed by atoms with Crippen molar-refractivity contribution in [3.05, 3.63) is 35.9 Å². The van der Waals surface area contributed by atoms with Gasteiger partial charge < -0.3 is 5.32 Å². The highest BCUT2D eigenvalue weighted by Gasteiger charge is 2.25. The fraction of sp³-hybridized carbons (Fsp3) is 0.562. The van der Waals surface area contributed by atoms with E-state index in [0.29, 0.717) is 18.5 Å². The average molecular weight is 257 g/mol. The number of nitrogens with zero attached hydrogens (tertiary/aromatic N) is 2. The molecule has 2 unspecified atom stereocenters. The van der Waals surface area contributed by atoms with Crippen LogP contribution in [0.5, 0.6) is 0 Å². The van der Waals surface area contributed by atoms with Crippen LogP contribution in [0.15, 0.2) is 30.3 Å². The zero-order valence-corrected chi connectivity index (χ0v) is 11.7. The Morgan fingerprint density at radius 3 is 2.89 bits per heavy atom. The van der Waals surface area contributed by atoms with Crippen molar-refractivity contribution in [3.8, 4) is 6.07 Å². The van der Waals surface area contributed by atoms with Crippen LogP contribution in [0.3, 0.4) is 0 Å². The molecule has 1 aromatic rings. The zero-order valence-electron chi connectivity index (χ0n) is 11.7. The van der Waals surface area contributed by atoms with E-state index in [2.05, 4.69) is 53.5 Å². The Bertz CT molecular complexity index is 410. The van der Waals surface area contributed by atoms with Gasteiger partial charge in [0.05, 0.1) is 12.5 Å². The summed E-state index contributed by atoms with van der Waals surface area (Å²) in [5.41, 5.74) is 1.38. The van der Waals surface area contributed by atoms with Crippen molar-refractivity contribution in [2.45, 2.75) is 38.3 Å². The van der Waals surface area contributed by atoms with Gasteiger partial charge in [-0.1, -0.05) is 30.3 Å². The maximum Gasteiger partial charge on any atom is 0.0638 e. The summed E-state index contributed by atoms with van der Waals surface area (Å²) in [7, 11) is 0. The Labute approximate surface area is 116 Å². The lowest BCUT2D eigenvalue weighted by molar-refractivity contribution is 0.157. The van der Waals surface area contributed by atoms with E-state index >= 15 is 0 Å². The summed E-state index contributed by atoms with van der Waals surface area (Å²) in [5.74, 6) is 0. The van der Waals surface area contributed by atoms with Crippen LogP contribution in [0.1, 0.15) is 25.3 Å². The van der Waals surface area contributed by atoms with Crippen molar-refractivity contribution in [2.75, 3.05) is 19.6 Å². The third kappa shape index (κ3) is 4.05. The summed E-state index contributed by atoms with van der Waals surface area (Å²) in [6.45, 7) is 5.32. The van der Waals surface area contributed by atoms with Gasteiger partial charge in [-0.2, -0.15) is 5.26 Å². The van der Waals surface area contributed by atoms with Crippen LogP contribution in [-0.2, 0) is 6.42 Å². The van der Waals surface area contributed by atoms with E-state index in [4.69, 9.17) is 5.26 Å². The highest BCUT2D eigenvalue weighted by atomic mass is 15.2. The molecular formula is C16H23N3. The molecule has 102 valence electrons. The maximum atomic E-state index is 9.00. The predicted octanol–water partition coefficient (Wildman–Crippen LogP) is 2.20. The summed E-state index contributed by atoms with van der Waals surface area (Å²) in [4.78, 5) is 2.51. The first-order valence-electron chi connectivity index (χ1n) is 7.18. The van der Waals surface area contributed by atoms with Gasteiger partial charge in [-0.3, -0.25) is 4.90 Å². The third-order valence-corrected chi connectivity index (χ3v) is 3.98. The van der Waals surface area contributed by atoms with Crippen molar-refractivity contribution in [1.82, 2.24) is 10.2 Å². The summed E-state index contributed by atoms with van der Waals surface area (Å²) >= 11 is 0. The molecule has 0 aromatic heterocycles. The van der Waals surface area contributed by atoms with Crippen molar-refractivity contribution in [1.29, 1.82) is 5.26 Å². The summed E-state index contributed by atoms with van der Waals surface area (Å²) in [6.07, 6.45) is 2.84. The van der Waals surface area contributed by atoms with Gasteiger partial charge in [0.2, 0.25) is 0 Å². The average Bonchev–Trinajstić information content (AvgIpc) is 2.60. The molecule has 0 spiro atoms. The van der Waals surface area contributed by atoms with Gasteiger partial charge in [0, 0.05) is 25.2 Å². The number of nitriles is 1. The van der Waals surface area contributed by atoms with Crippen molar-refractivity contribution in [3.63, 3.8) is 0 Å². The van der Waals surface area contributed by atoms with Crippen LogP contribution >= 0.6 is 0 Å². The quantitative estimate of drug-likeness (QED) is 0.898. The van der Waals surface area contributed by atoms with Crippen molar-refractivity contribution in [2.24, 2.45) is 0 Å². The second kappa shape index (κ2) is 7.28. The minimum Gasteiger partial charge on any atom is -0.315 e. The molecule has 0 radical (unpaired) electrons. The molecule has 0 amide bonds. The van der Waals surface area contributed by atoms with Crippen molar-refractivity contribution < 1.29 is 0 Å². The van der Waals surface area contributed by atoms with E-state index < -0.39 is 0 Å². The first-order valence-corrected chi connectivity index (χ1v) is 7.18. The molecule has 1 aliphatic rings. The SMILES string of the molecule is CC1CCNCC(CC#N)N1CCc1ccccc1. The Balaban J connectivity index is 1.98. The molecule has 19 heavy (non-hydrogen) atoms. The normalized spacial score (nSPS) is 24.6. The molecule has 1 aromatic carbocycles. The number of rotatable bonds is 4. The fourth-order valence-corrected chi connectivity index (χ4v) is 2.82. The van der Waals surface area contributed by atoms with Gasteiger partial charge >= 0.3 is 0 Å². The fourth-order valence-electron chi connectivity index (χ4n) is 2.82. The van der Waals surface area contributed by atoms with E-state index in [1.807, 2.05) is 0 Å². The molecule has 0 aliphatic carbocycles. The minimum atomic E-state index is 0.353. The molecule has 2 rings (SSSR count). The standard InChI is InChI=1S/C16H23N3/c1-14-8-11-18-13-16(7-10-17)19(14)12-9-15-5-3-2-4-6-15/h2-6,14,16,18H,7-9,11-13H2,1H3. The molecule has 2 atom stereocenters. The van der Waals surface area contributed by atoms with E-state index in [1.54, 1.807) is 0 Å². The smallest absolute Gasteiger partial charge is 0.0638 e. The summed E-state index contributed by atoms with van der Waals surface area (Å²) < 4.78 is 0. The van der Waals surface area contributed by atoms with E-state index in [9.17, 15) is 0 Å². The van der Waals surface area contributed by atoms with Crippen LogP contribution in [0.2, 0.25) is 0 Å². The minimum absolute atomic E-state index is 0.353. The number of benzene rings is 1. The first-order chi connectivity index (χ1) is 9.31. The molecule has 0 saturated carbocycles. The lowest BCUT2D eigenvalue weighted by Crippen LogP contribution is -2.44. The van der Waals surface area contributed by atoms with Crippen LogP contribution in [0, 0.1) is 11.3 Å². The third-order valence-electron chi connectivity index (χ3n) is 3.98. The Morgan fingerprint density at radius 1 is 1.37 bits per heavy atom. The molecule has 1 saturated heterocycles. The van der Waals surface area contributed by atoms with Gasteiger partial charge in [0.25, 0.3) is 0 Å².